The van der Waals surface area contributed by atoms with Crippen LogP contribution in [0.3, 0.4) is 0 Å². The Labute approximate surface area is 55.4 Å². The standard InChI is InChI=1S/C8H12O/c1-6-5-8(6)4-2-3-7(8)9/h6H,2-5H2,1H3. The Hall–Kier alpha value is -0.330. The monoisotopic (exact) mass is 124 g/mol. The Balaban J connectivity index is 2.21. The molecule has 2 aliphatic carbocycles. The van der Waals surface area contributed by atoms with Crippen LogP contribution >= 0.6 is 0 Å². The van der Waals surface area contributed by atoms with Gasteiger partial charge in [0.1, 0.15) is 5.78 Å². The summed E-state index contributed by atoms with van der Waals surface area (Å²) in [6.07, 6.45) is 4.40. The molecule has 0 aromatic carbocycles. The van der Waals surface area contributed by atoms with E-state index in [0.717, 1.165) is 12.8 Å². The summed E-state index contributed by atoms with van der Waals surface area (Å²) in [6, 6.07) is 0. The maximum Gasteiger partial charge on any atom is 0.139 e. The molecule has 2 saturated carbocycles. The van der Waals surface area contributed by atoms with Crippen molar-refractivity contribution in [3.63, 3.8) is 0 Å². The molecule has 0 heterocycles. The lowest BCUT2D eigenvalue weighted by Crippen LogP contribution is -2.08. The van der Waals surface area contributed by atoms with Crippen molar-refractivity contribution in [3.8, 4) is 0 Å². The van der Waals surface area contributed by atoms with Gasteiger partial charge in [-0.3, -0.25) is 4.79 Å². The van der Waals surface area contributed by atoms with Gasteiger partial charge in [-0.15, -0.1) is 0 Å². The second-order valence-corrected chi connectivity index (χ2v) is 3.54. The number of carbonyl (C=O) groups is 1. The predicted molar refractivity (Wildman–Crippen MR) is 35.1 cm³/mol. The molecule has 9 heavy (non-hydrogen) atoms. The largest absolute Gasteiger partial charge is 0.299 e. The SMILES string of the molecule is CC1CC12CCCC2=O. The van der Waals surface area contributed by atoms with Gasteiger partial charge >= 0.3 is 0 Å². The van der Waals surface area contributed by atoms with E-state index in [1.165, 1.54) is 12.8 Å². The maximum atomic E-state index is 11.2. The third-order valence-electron chi connectivity index (χ3n) is 3.04. The highest BCUT2D eigenvalue weighted by Gasteiger charge is 2.58. The molecule has 0 amide bonds. The number of carbonyl (C=O) groups excluding carboxylic acids is 1. The first-order chi connectivity index (χ1) is 4.26. The van der Waals surface area contributed by atoms with Crippen molar-refractivity contribution in [2.45, 2.75) is 32.6 Å². The van der Waals surface area contributed by atoms with Crippen LogP contribution in [0.2, 0.25) is 0 Å². The van der Waals surface area contributed by atoms with E-state index in [0.29, 0.717) is 11.7 Å². The Kier molecular flexibility index (Phi) is 0.842. The van der Waals surface area contributed by atoms with Gasteiger partial charge in [0.15, 0.2) is 0 Å². The van der Waals surface area contributed by atoms with Crippen LogP contribution < -0.4 is 0 Å². The highest BCUT2D eigenvalue weighted by Crippen LogP contribution is 2.60. The van der Waals surface area contributed by atoms with Gasteiger partial charge in [-0.25, -0.2) is 0 Å². The minimum absolute atomic E-state index is 0.222. The van der Waals surface area contributed by atoms with E-state index in [9.17, 15) is 4.79 Å². The number of hydrogen-bond acceptors (Lipinski definition) is 1. The lowest BCUT2D eigenvalue weighted by Gasteiger charge is -2.00. The predicted octanol–water partition coefficient (Wildman–Crippen LogP) is 1.77. The zero-order chi connectivity index (χ0) is 6.48. The van der Waals surface area contributed by atoms with Crippen LogP contribution in [0.4, 0.5) is 0 Å². The summed E-state index contributed by atoms with van der Waals surface area (Å²) < 4.78 is 0. The van der Waals surface area contributed by atoms with E-state index in [-0.39, 0.29) is 5.41 Å². The molecule has 2 rings (SSSR count). The van der Waals surface area contributed by atoms with Crippen LogP contribution in [0.5, 0.6) is 0 Å². The van der Waals surface area contributed by atoms with Gasteiger partial charge in [-0.2, -0.15) is 0 Å². The molecule has 1 nitrogen and oxygen atoms in total. The van der Waals surface area contributed by atoms with Crippen LogP contribution in [0.15, 0.2) is 0 Å². The fourth-order valence-electron chi connectivity index (χ4n) is 2.18. The molecular formula is C8H12O. The Morgan fingerprint density at radius 1 is 1.67 bits per heavy atom. The molecule has 0 bridgehead atoms. The fourth-order valence-corrected chi connectivity index (χ4v) is 2.18. The second kappa shape index (κ2) is 1.39. The molecular weight excluding hydrogens is 112 g/mol. The van der Waals surface area contributed by atoms with Crippen molar-refractivity contribution in [1.82, 2.24) is 0 Å². The van der Waals surface area contributed by atoms with Crippen LogP contribution in [-0.2, 0) is 4.79 Å². The van der Waals surface area contributed by atoms with Crippen molar-refractivity contribution < 1.29 is 4.79 Å². The first-order valence-corrected chi connectivity index (χ1v) is 3.79. The lowest BCUT2D eigenvalue weighted by atomic mass is 10.0. The van der Waals surface area contributed by atoms with E-state index < -0.39 is 0 Å². The van der Waals surface area contributed by atoms with Crippen LogP contribution in [0, 0.1) is 11.3 Å². The average molecular weight is 124 g/mol. The van der Waals surface area contributed by atoms with E-state index in [2.05, 4.69) is 6.92 Å². The molecule has 50 valence electrons. The van der Waals surface area contributed by atoms with Crippen LogP contribution in [0.1, 0.15) is 32.6 Å². The fraction of sp³-hybridized carbons (Fsp3) is 0.875. The summed E-state index contributed by atoms with van der Waals surface area (Å²) in [6.45, 7) is 2.20. The molecule has 0 N–H and O–H groups in total. The number of hydrogen-bond donors (Lipinski definition) is 0. The van der Waals surface area contributed by atoms with Crippen molar-refractivity contribution in [1.29, 1.82) is 0 Å². The first-order valence-electron chi connectivity index (χ1n) is 3.79. The summed E-state index contributed by atoms with van der Waals surface area (Å²) in [5.41, 5.74) is 0.222. The number of rotatable bonds is 0. The zero-order valence-electron chi connectivity index (χ0n) is 5.81. The van der Waals surface area contributed by atoms with Crippen molar-refractivity contribution >= 4 is 5.78 Å². The van der Waals surface area contributed by atoms with E-state index >= 15 is 0 Å². The molecule has 0 aromatic rings. The van der Waals surface area contributed by atoms with Gasteiger partial charge in [0, 0.05) is 11.8 Å². The van der Waals surface area contributed by atoms with Crippen molar-refractivity contribution in [3.05, 3.63) is 0 Å². The Bertz CT molecular complexity index is 162. The van der Waals surface area contributed by atoms with Crippen LogP contribution in [0.25, 0.3) is 0 Å². The Morgan fingerprint density at radius 2 is 2.33 bits per heavy atom. The maximum absolute atomic E-state index is 11.2. The first kappa shape index (κ1) is 5.45. The highest BCUT2D eigenvalue weighted by atomic mass is 16.1. The molecule has 2 fully saturated rings. The zero-order valence-corrected chi connectivity index (χ0v) is 5.81. The van der Waals surface area contributed by atoms with Gasteiger partial charge in [0.05, 0.1) is 0 Å². The summed E-state index contributed by atoms with van der Waals surface area (Å²) in [4.78, 5) is 11.2. The molecule has 0 radical (unpaired) electrons. The summed E-state index contributed by atoms with van der Waals surface area (Å²) in [5.74, 6) is 1.27. The third kappa shape index (κ3) is 0.525. The van der Waals surface area contributed by atoms with Gasteiger partial charge in [-0.1, -0.05) is 6.92 Å². The third-order valence-corrected chi connectivity index (χ3v) is 3.04. The molecule has 0 aliphatic heterocycles. The summed E-state index contributed by atoms with van der Waals surface area (Å²) in [7, 11) is 0. The molecule has 1 heteroatoms. The Morgan fingerprint density at radius 3 is 2.56 bits per heavy atom. The molecule has 2 aliphatic rings. The number of Topliss-reactive ketones (excluding diaryl/α,β-unsaturated/α-hetero) is 1. The van der Waals surface area contributed by atoms with E-state index in [4.69, 9.17) is 0 Å². The second-order valence-electron chi connectivity index (χ2n) is 3.54. The summed E-state index contributed by atoms with van der Waals surface area (Å²) in [5, 5.41) is 0. The molecule has 0 saturated heterocycles. The summed E-state index contributed by atoms with van der Waals surface area (Å²) >= 11 is 0. The van der Waals surface area contributed by atoms with Gasteiger partial charge in [0.25, 0.3) is 0 Å². The van der Waals surface area contributed by atoms with Crippen molar-refractivity contribution in [2.75, 3.05) is 0 Å². The molecule has 0 aromatic heterocycles. The van der Waals surface area contributed by atoms with Crippen LogP contribution in [-0.4, -0.2) is 5.78 Å². The molecule has 1 spiro atoms. The normalized spacial score (nSPS) is 48.6. The van der Waals surface area contributed by atoms with E-state index in [1.54, 1.807) is 0 Å². The topological polar surface area (TPSA) is 17.1 Å². The number of ketones is 1. The highest BCUT2D eigenvalue weighted by molar-refractivity contribution is 5.89. The van der Waals surface area contributed by atoms with Gasteiger partial charge in [-0.05, 0) is 25.2 Å². The lowest BCUT2D eigenvalue weighted by molar-refractivity contribution is -0.122. The van der Waals surface area contributed by atoms with Gasteiger partial charge in [0.2, 0.25) is 0 Å². The minimum atomic E-state index is 0.222. The van der Waals surface area contributed by atoms with Crippen molar-refractivity contribution in [2.24, 2.45) is 11.3 Å². The van der Waals surface area contributed by atoms with Gasteiger partial charge < -0.3 is 0 Å². The quantitative estimate of drug-likeness (QED) is 0.481. The smallest absolute Gasteiger partial charge is 0.139 e. The minimum Gasteiger partial charge on any atom is -0.299 e. The molecule has 2 unspecified atom stereocenters. The average Bonchev–Trinajstić information content (AvgIpc) is 2.29. The molecule has 2 atom stereocenters. The van der Waals surface area contributed by atoms with E-state index in [1.807, 2.05) is 0 Å².